The van der Waals surface area contributed by atoms with E-state index in [0.29, 0.717) is 18.0 Å². The van der Waals surface area contributed by atoms with E-state index in [-0.39, 0.29) is 23.9 Å². The number of carbonyl (C=O) groups excluding carboxylic acids is 2. The van der Waals surface area contributed by atoms with Crippen molar-refractivity contribution in [2.24, 2.45) is 5.92 Å². The second-order valence-electron chi connectivity index (χ2n) is 7.03. The van der Waals surface area contributed by atoms with Gasteiger partial charge in [0.25, 0.3) is 0 Å². The summed E-state index contributed by atoms with van der Waals surface area (Å²) < 4.78 is 2.83. The van der Waals surface area contributed by atoms with Crippen molar-refractivity contribution in [1.82, 2.24) is 14.8 Å². The van der Waals surface area contributed by atoms with Crippen LogP contribution in [0, 0.1) is 5.92 Å². The van der Waals surface area contributed by atoms with Gasteiger partial charge in [0.2, 0.25) is 5.16 Å². The number of thioether (sulfide) groups is 1. The summed E-state index contributed by atoms with van der Waals surface area (Å²) in [5.74, 6) is 1.57. The van der Waals surface area contributed by atoms with Gasteiger partial charge in [0.1, 0.15) is 11.6 Å². The third-order valence-corrected chi connectivity index (χ3v) is 5.89. The Morgan fingerprint density at radius 1 is 1.27 bits per heavy atom. The van der Waals surface area contributed by atoms with Gasteiger partial charge in [-0.25, -0.2) is 9.67 Å². The predicted molar refractivity (Wildman–Crippen MR) is 104 cm³/mol. The van der Waals surface area contributed by atoms with E-state index >= 15 is 0 Å². The van der Waals surface area contributed by atoms with Gasteiger partial charge in [-0.15, -0.1) is 5.10 Å². The second kappa shape index (κ2) is 7.27. The molecular formula is C19H20BrN3O2S. The third kappa shape index (κ3) is 3.93. The Balaban J connectivity index is 1.61. The molecule has 1 heterocycles. The van der Waals surface area contributed by atoms with Crippen molar-refractivity contribution in [3.05, 3.63) is 39.6 Å². The molecule has 0 aliphatic heterocycles. The van der Waals surface area contributed by atoms with Crippen molar-refractivity contribution < 1.29 is 9.59 Å². The summed E-state index contributed by atoms with van der Waals surface area (Å²) in [6.45, 7) is 0.498. The fourth-order valence-corrected chi connectivity index (χ4v) is 3.88. The van der Waals surface area contributed by atoms with Crippen LogP contribution < -0.4 is 0 Å². The molecule has 0 spiro atoms. The van der Waals surface area contributed by atoms with E-state index in [0.717, 1.165) is 46.7 Å². The molecule has 0 atom stereocenters. The van der Waals surface area contributed by atoms with Crippen LogP contribution in [0.4, 0.5) is 0 Å². The molecule has 0 N–H and O–H groups in total. The third-order valence-electron chi connectivity index (χ3n) is 4.86. The average Bonchev–Trinajstić information content (AvgIpc) is 3.52. The van der Waals surface area contributed by atoms with Crippen molar-refractivity contribution >= 4 is 39.3 Å². The molecule has 0 saturated heterocycles. The molecule has 4 rings (SSSR count). The monoisotopic (exact) mass is 433 g/mol. The topological polar surface area (TPSA) is 64.8 Å². The summed E-state index contributed by atoms with van der Waals surface area (Å²) in [6.07, 6.45) is 6.12. The first-order valence-corrected chi connectivity index (χ1v) is 10.9. The van der Waals surface area contributed by atoms with Gasteiger partial charge in [-0.1, -0.05) is 27.7 Å². The van der Waals surface area contributed by atoms with E-state index in [1.165, 1.54) is 11.8 Å². The zero-order valence-electron chi connectivity index (χ0n) is 14.6. The number of rotatable bonds is 8. The number of ketones is 2. The van der Waals surface area contributed by atoms with Crippen LogP contribution in [0.5, 0.6) is 0 Å². The lowest BCUT2D eigenvalue weighted by Gasteiger charge is -2.11. The molecular weight excluding hydrogens is 414 g/mol. The van der Waals surface area contributed by atoms with Crippen LogP contribution in [0.25, 0.3) is 0 Å². The standard InChI is InChI=1S/C19H20BrN3O2S/c1-26-19-21-18(12-4-5-12)23(22-19)10-13-8-14(20)6-7-15(13)17(25)9-16(24)11-2-3-11/h6-8,11-12H,2-5,9-10H2,1H3. The van der Waals surface area contributed by atoms with Crippen molar-refractivity contribution in [3.63, 3.8) is 0 Å². The van der Waals surface area contributed by atoms with Crippen LogP contribution in [-0.4, -0.2) is 32.6 Å². The first-order valence-electron chi connectivity index (χ1n) is 8.88. The maximum atomic E-state index is 12.7. The first kappa shape index (κ1) is 17.9. The maximum Gasteiger partial charge on any atom is 0.208 e. The number of aromatic nitrogens is 3. The highest BCUT2D eigenvalue weighted by Gasteiger charge is 2.32. The van der Waals surface area contributed by atoms with E-state index in [9.17, 15) is 9.59 Å². The highest BCUT2D eigenvalue weighted by Crippen LogP contribution is 2.40. The molecule has 2 aliphatic carbocycles. The maximum absolute atomic E-state index is 12.7. The summed E-state index contributed by atoms with van der Waals surface area (Å²) in [5.41, 5.74) is 1.50. The van der Waals surface area contributed by atoms with Gasteiger partial charge in [0.15, 0.2) is 5.78 Å². The zero-order valence-corrected chi connectivity index (χ0v) is 17.0. The van der Waals surface area contributed by atoms with Gasteiger partial charge in [-0.2, -0.15) is 0 Å². The predicted octanol–water partition coefficient (Wildman–Crippen LogP) is 4.24. The molecule has 1 aromatic heterocycles. The smallest absolute Gasteiger partial charge is 0.208 e. The molecule has 5 nitrogen and oxygen atoms in total. The van der Waals surface area contributed by atoms with Crippen LogP contribution in [0.3, 0.4) is 0 Å². The highest BCUT2D eigenvalue weighted by molar-refractivity contribution is 9.10. The van der Waals surface area contributed by atoms with Crippen molar-refractivity contribution in [2.45, 2.75) is 49.7 Å². The van der Waals surface area contributed by atoms with Gasteiger partial charge >= 0.3 is 0 Å². The Labute approximate surface area is 165 Å². The molecule has 0 radical (unpaired) electrons. The Morgan fingerprint density at radius 2 is 2.04 bits per heavy atom. The Bertz CT molecular complexity index is 872. The van der Waals surface area contributed by atoms with E-state index < -0.39 is 0 Å². The minimum Gasteiger partial charge on any atom is -0.299 e. The molecule has 2 aromatic rings. The summed E-state index contributed by atoms with van der Waals surface area (Å²) in [6, 6.07) is 5.62. The second-order valence-corrected chi connectivity index (χ2v) is 8.72. The zero-order chi connectivity index (χ0) is 18.3. The van der Waals surface area contributed by atoms with Gasteiger partial charge in [0.05, 0.1) is 13.0 Å². The van der Waals surface area contributed by atoms with Crippen LogP contribution in [0.1, 0.15) is 59.8 Å². The largest absolute Gasteiger partial charge is 0.299 e. The number of Topliss-reactive ketones (excluding diaryl/α,β-unsaturated/α-hetero) is 2. The van der Waals surface area contributed by atoms with E-state index in [4.69, 9.17) is 0 Å². The molecule has 2 aliphatic rings. The van der Waals surface area contributed by atoms with E-state index in [2.05, 4.69) is 26.0 Å². The molecule has 26 heavy (non-hydrogen) atoms. The molecule has 136 valence electrons. The Hall–Kier alpha value is -1.47. The fourth-order valence-electron chi connectivity index (χ4n) is 3.11. The van der Waals surface area contributed by atoms with E-state index in [1.54, 1.807) is 0 Å². The van der Waals surface area contributed by atoms with Crippen molar-refractivity contribution in [3.8, 4) is 0 Å². The summed E-state index contributed by atoms with van der Waals surface area (Å²) in [7, 11) is 0. The first-order chi connectivity index (χ1) is 12.5. The lowest BCUT2D eigenvalue weighted by Crippen LogP contribution is -2.14. The summed E-state index contributed by atoms with van der Waals surface area (Å²) in [4.78, 5) is 29.4. The molecule has 0 bridgehead atoms. The SMILES string of the molecule is CSc1nc(C2CC2)n(Cc2cc(Br)ccc2C(=O)CC(=O)C2CC2)n1. The normalized spacial score (nSPS) is 16.7. The minimum absolute atomic E-state index is 0.00218. The minimum atomic E-state index is -0.0948. The van der Waals surface area contributed by atoms with E-state index in [1.807, 2.05) is 29.1 Å². The quantitative estimate of drug-likeness (QED) is 0.353. The average molecular weight is 434 g/mol. The van der Waals surface area contributed by atoms with Crippen molar-refractivity contribution in [1.29, 1.82) is 0 Å². The Morgan fingerprint density at radius 3 is 2.69 bits per heavy atom. The molecule has 1 aromatic carbocycles. The molecule has 2 fully saturated rings. The molecule has 0 unspecified atom stereocenters. The fraction of sp³-hybridized carbons (Fsp3) is 0.474. The molecule has 0 amide bonds. The lowest BCUT2D eigenvalue weighted by atomic mass is 9.99. The van der Waals surface area contributed by atoms with Crippen LogP contribution in [0.15, 0.2) is 27.8 Å². The number of carbonyl (C=O) groups is 2. The number of hydrogen-bond donors (Lipinski definition) is 0. The van der Waals surface area contributed by atoms with Crippen LogP contribution in [-0.2, 0) is 11.3 Å². The lowest BCUT2D eigenvalue weighted by molar-refractivity contribution is -0.119. The highest BCUT2D eigenvalue weighted by atomic mass is 79.9. The summed E-state index contributed by atoms with van der Waals surface area (Å²) >= 11 is 5.02. The number of hydrogen-bond acceptors (Lipinski definition) is 5. The molecule has 2 saturated carbocycles. The van der Waals surface area contributed by atoms with Gasteiger partial charge < -0.3 is 0 Å². The van der Waals surface area contributed by atoms with Gasteiger partial charge in [-0.3, -0.25) is 9.59 Å². The van der Waals surface area contributed by atoms with Crippen molar-refractivity contribution in [2.75, 3.05) is 6.26 Å². The van der Waals surface area contributed by atoms with Crippen LogP contribution in [0.2, 0.25) is 0 Å². The summed E-state index contributed by atoms with van der Waals surface area (Å²) in [5, 5.41) is 5.35. The molecule has 7 heteroatoms. The van der Waals surface area contributed by atoms with Gasteiger partial charge in [-0.05, 0) is 55.7 Å². The number of benzene rings is 1. The Kier molecular flexibility index (Phi) is 5.01. The number of halogens is 1. The number of nitrogens with zero attached hydrogens (tertiary/aromatic N) is 3. The van der Waals surface area contributed by atoms with Gasteiger partial charge in [0, 0.05) is 21.9 Å². The van der Waals surface area contributed by atoms with Crippen LogP contribution >= 0.6 is 27.7 Å².